The smallest absolute Gasteiger partial charge is 0.248 e. The lowest BCUT2D eigenvalue weighted by atomic mass is 9.97. The summed E-state index contributed by atoms with van der Waals surface area (Å²) in [6.07, 6.45) is 5.56. The van der Waals surface area contributed by atoms with Crippen molar-refractivity contribution in [1.82, 2.24) is 9.46 Å². The van der Waals surface area contributed by atoms with Crippen molar-refractivity contribution in [3.8, 4) is 0 Å². The second kappa shape index (κ2) is 9.67. The Morgan fingerprint density at radius 3 is 2.61 bits per heavy atom. The molecule has 5 rings (SSSR count). The Hall–Kier alpha value is -3.23. The normalized spacial score (nSPS) is 20.7. The lowest BCUT2D eigenvalue weighted by Gasteiger charge is -2.34. The van der Waals surface area contributed by atoms with Gasteiger partial charge in [0.1, 0.15) is 5.69 Å². The molecule has 1 amide bonds. The topological polar surface area (TPSA) is 83.7 Å². The zero-order chi connectivity index (χ0) is 25.4. The van der Waals surface area contributed by atoms with Gasteiger partial charge in [0.15, 0.2) is 10.7 Å². The SMILES string of the molecule is Cc1ccc(C=Cc2onc(C)c2S(=O)(=O)N2CCCC(C(=O)N3c4ccccc4CC3C)C2)cc1. The van der Waals surface area contributed by atoms with Gasteiger partial charge < -0.3 is 9.42 Å². The molecule has 36 heavy (non-hydrogen) atoms. The van der Waals surface area contributed by atoms with Crippen LogP contribution < -0.4 is 4.90 Å². The first-order valence-electron chi connectivity index (χ1n) is 12.4. The van der Waals surface area contributed by atoms with E-state index in [0.29, 0.717) is 25.1 Å². The Kier molecular flexibility index (Phi) is 6.57. The maximum atomic E-state index is 13.8. The van der Waals surface area contributed by atoms with Gasteiger partial charge in [0, 0.05) is 24.8 Å². The molecule has 7 nitrogen and oxygen atoms in total. The van der Waals surface area contributed by atoms with Crippen molar-refractivity contribution in [2.24, 2.45) is 5.92 Å². The van der Waals surface area contributed by atoms with Gasteiger partial charge in [-0.1, -0.05) is 59.3 Å². The molecule has 3 aromatic rings. The van der Waals surface area contributed by atoms with Crippen molar-refractivity contribution in [2.45, 2.75) is 51.0 Å². The molecule has 1 aromatic heterocycles. The van der Waals surface area contributed by atoms with Crippen molar-refractivity contribution >= 4 is 33.8 Å². The Morgan fingerprint density at radius 2 is 1.83 bits per heavy atom. The summed E-state index contributed by atoms with van der Waals surface area (Å²) in [6.45, 7) is 6.21. The van der Waals surface area contributed by atoms with Crippen LogP contribution in [-0.2, 0) is 21.2 Å². The Labute approximate surface area is 212 Å². The summed E-state index contributed by atoms with van der Waals surface area (Å²) in [5.74, 6) is -0.202. The first-order valence-corrected chi connectivity index (χ1v) is 13.8. The number of fused-ring (bicyclic) bond motifs is 1. The lowest BCUT2D eigenvalue weighted by Crippen LogP contribution is -2.48. The molecular formula is C28H31N3O4S. The highest BCUT2D eigenvalue weighted by Crippen LogP contribution is 2.35. The van der Waals surface area contributed by atoms with E-state index in [2.05, 4.69) is 11.2 Å². The van der Waals surface area contributed by atoms with Gasteiger partial charge in [0.05, 0.1) is 5.92 Å². The third kappa shape index (κ3) is 4.51. The van der Waals surface area contributed by atoms with Gasteiger partial charge in [0.2, 0.25) is 15.9 Å². The molecule has 1 fully saturated rings. The Balaban J connectivity index is 1.38. The van der Waals surface area contributed by atoms with E-state index in [1.54, 1.807) is 13.0 Å². The molecule has 0 radical (unpaired) electrons. The second-order valence-electron chi connectivity index (χ2n) is 9.80. The van der Waals surface area contributed by atoms with E-state index in [-0.39, 0.29) is 29.1 Å². The van der Waals surface area contributed by atoms with E-state index in [1.165, 1.54) is 4.31 Å². The molecule has 0 saturated carbocycles. The Morgan fingerprint density at radius 1 is 1.08 bits per heavy atom. The van der Waals surface area contributed by atoms with E-state index in [9.17, 15) is 13.2 Å². The number of amides is 1. The van der Waals surface area contributed by atoms with Crippen LogP contribution in [0.1, 0.15) is 47.9 Å². The minimum absolute atomic E-state index is 0.00567. The van der Waals surface area contributed by atoms with Gasteiger partial charge in [-0.2, -0.15) is 4.31 Å². The average Bonchev–Trinajstić information content (AvgIpc) is 3.42. The summed E-state index contributed by atoms with van der Waals surface area (Å²) in [4.78, 5) is 15.5. The molecule has 2 aromatic carbocycles. The lowest BCUT2D eigenvalue weighted by molar-refractivity contribution is -0.123. The van der Waals surface area contributed by atoms with Crippen LogP contribution in [0.3, 0.4) is 0 Å². The van der Waals surface area contributed by atoms with Crippen molar-refractivity contribution in [3.05, 3.63) is 76.7 Å². The van der Waals surface area contributed by atoms with Gasteiger partial charge in [0.25, 0.3) is 0 Å². The summed E-state index contributed by atoms with van der Waals surface area (Å²) in [5.41, 5.74) is 4.49. The predicted octanol–water partition coefficient (Wildman–Crippen LogP) is 4.84. The third-order valence-electron chi connectivity index (χ3n) is 7.11. The fraction of sp³-hybridized carbons (Fsp3) is 0.357. The number of hydrogen-bond acceptors (Lipinski definition) is 5. The number of carbonyl (C=O) groups is 1. The second-order valence-corrected chi connectivity index (χ2v) is 11.7. The summed E-state index contributed by atoms with van der Waals surface area (Å²) >= 11 is 0. The number of benzene rings is 2. The molecule has 0 aliphatic carbocycles. The van der Waals surface area contributed by atoms with Crippen molar-refractivity contribution < 1.29 is 17.7 Å². The number of carbonyl (C=O) groups excluding carboxylic acids is 1. The van der Waals surface area contributed by atoms with Crippen LogP contribution in [0, 0.1) is 19.8 Å². The van der Waals surface area contributed by atoms with Crippen LogP contribution >= 0.6 is 0 Å². The highest BCUT2D eigenvalue weighted by atomic mass is 32.2. The van der Waals surface area contributed by atoms with Crippen LogP contribution in [-0.4, -0.2) is 42.9 Å². The number of aromatic nitrogens is 1. The molecular weight excluding hydrogens is 474 g/mol. The van der Waals surface area contributed by atoms with Gasteiger partial charge in [-0.3, -0.25) is 4.79 Å². The molecule has 3 heterocycles. The Bertz CT molecular complexity index is 1410. The molecule has 188 valence electrons. The standard InChI is InChI=1S/C28H31N3O4S/c1-19-10-12-22(13-11-19)14-15-26-27(21(3)29-35-26)36(33,34)30-16-6-8-24(18-30)28(32)31-20(2)17-23-7-4-5-9-25(23)31/h4-5,7,9-15,20,24H,6,8,16-18H2,1-3H3. The van der Waals surface area contributed by atoms with Gasteiger partial charge in [-0.05, 0) is 63.3 Å². The summed E-state index contributed by atoms with van der Waals surface area (Å²) < 4.78 is 34.4. The van der Waals surface area contributed by atoms with Crippen LogP contribution in [0.5, 0.6) is 0 Å². The summed E-state index contributed by atoms with van der Waals surface area (Å²) in [5, 5.41) is 3.95. The number of anilines is 1. The van der Waals surface area contributed by atoms with Crippen LogP contribution in [0.2, 0.25) is 0 Å². The fourth-order valence-corrected chi connectivity index (χ4v) is 7.01. The number of rotatable bonds is 5. The molecule has 0 N–H and O–H groups in total. The first kappa shape index (κ1) is 24.5. The largest absolute Gasteiger partial charge is 0.355 e. The number of hydrogen-bond donors (Lipinski definition) is 0. The van der Waals surface area contributed by atoms with Crippen LogP contribution in [0.15, 0.2) is 57.9 Å². The maximum Gasteiger partial charge on any atom is 0.248 e. The highest BCUT2D eigenvalue weighted by molar-refractivity contribution is 7.89. The molecule has 0 bridgehead atoms. The molecule has 2 atom stereocenters. The highest BCUT2D eigenvalue weighted by Gasteiger charge is 2.40. The number of aryl methyl sites for hydroxylation is 2. The molecule has 8 heteroatoms. The number of para-hydroxylation sites is 1. The maximum absolute atomic E-state index is 13.8. The van der Waals surface area contributed by atoms with E-state index >= 15 is 0 Å². The van der Waals surface area contributed by atoms with E-state index in [0.717, 1.165) is 28.8 Å². The molecule has 2 aliphatic heterocycles. The molecule has 2 unspecified atom stereocenters. The van der Waals surface area contributed by atoms with Crippen LogP contribution in [0.25, 0.3) is 12.2 Å². The van der Waals surface area contributed by atoms with E-state index in [1.807, 2.05) is 67.3 Å². The zero-order valence-electron chi connectivity index (χ0n) is 20.8. The minimum atomic E-state index is -3.90. The van der Waals surface area contributed by atoms with E-state index in [4.69, 9.17) is 4.52 Å². The van der Waals surface area contributed by atoms with Crippen molar-refractivity contribution in [2.75, 3.05) is 18.0 Å². The first-order chi connectivity index (χ1) is 17.3. The molecule has 2 aliphatic rings. The van der Waals surface area contributed by atoms with Crippen LogP contribution in [0.4, 0.5) is 5.69 Å². The van der Waals surface area contributed by atoms with Gasteiger partial charge in [-0.25, -0.2) is 8.42 Å². The van der Waals surface area contributed by atoms with Gasteiger partial charge >= 0.3 is 0 Å². The van der Waals surface area contributed by atoms with Gasteiger partial charge in [-0.15, -0.1) is 0 Å². The van der Waals surface area contributed by atoms with Crippen molar-refractivity contribution in [1.29, 1.82) is 0 Å². The minimum Gasteiger partial charge on any atom is -0.355 e. The number of nitrogens with zero attached hydrogens (tertiary/aromatic N) is 3. The zero-order valence-corrected chi connectivity index (χ0v) is 21.7. The monoisotopic (exact) mass is 505 g/mol. The fourth-order valence-electron chi connectivity index (χ4n) is 5.24. The third-order valence-corrected chi connectivity index (χ3v) is 9.14. The molecule has 1 saturated heterocycles. The molecule has 0 spiro atoms. The van der Waals surface area contributed by atoms with Crippen molar-refractivity contribution in [3.63, 3.8) is 0 Å². The summed E-state index contributed by atoms with van der Waals surface area (Å²) in [7, 11) is -3.90. The number of piperidine rings is 1. The summed E-state index contributed by atoms with van der Waals surface area (Å²) in [6, 6.07) is 15.9. The quantitative estimate of drug-likeness (QED) is 0.495. The number of sulfonamides is 1. The average molecular weight is 506 g/mol. The predicted molar refractivity (Wildman–Crippen MR) is 140 cm³/mol. The van der Waals surface area contributed by atoms with E-state index < -0.39 is 15.9 Å².